The Balaban J connectivity index is 1.74. The highest BCUT2D eigenvalue weighted by Crippen LogP contribution is 2.43. The van der Waals surface area contributed by atoms with Gasteiger partial charge in [-0.25, -0.2) is 4.98 Å². The van der Waals surface area contributed by atoms with Crippen molar-refractivity contribution in [3.8, 4) is 0 Å². The molecule has 1 aromatic heterocycles. The topological polar surface area (TPSA) is 84.1 Å². The lowest BCUT2D eigenvalue weighted by Gasteiger charge is -2.45. The molecule has 2 aromatic rings. The van der Waals surface area contributed by atoms with Crippen molar-refractivity contribution in [2.45, 2.75) is 51.0 Å². The number of aromatic amines is 1. The summed E-state index contributed by atoms with van der Waals surface area (Å²) in [6, 6.07) is 10.4. The molecule has 1 atom stereocenters. The van der Waals surface area contributed by atoms with E-state index in [-0.39, 0.29) is 16.6 Å². The second-order valence-electron chi connectivity index (χ2n) is 7.90. The number of hydrogen-bond acceptors (Lipinski definition) is 4. The Bertz CT molecular complexity index is 860. The second kappa shape index (κ2) is 7.64. The maximum absolute atomic E-state index is 12.4. The van der Waals surface area contributed by atoms with E-state index >= 15 is 0 Å². The van der Waals surface area contributed by atoms with Crippen molar-refractivity contribution in [2.24, 2.45) is 0 Å². The molecule has 2 N–H and O–H groups in total. The number of rotatable bonds is 5. The van der Waals surface area contributed by atoms with Crippen molar-refractivity contribution in [2.75, 3.05) is 13.2 Å². The molecule has 6 nitrogen and oxygen atoms in total. The summed E-state index contributed by atoms with van der Waals surface area (Å²) in [5.74, 6) is 0.0994. The quantitative estimate of drug-likeness (QED) is 0.849. The van der Waals surface area contributed by atoms with Gasteiger partial charge in [0.1, 0.15) is 11.4 Å². The molecule has 27 heavy (non-hydrogen) atoms. The average Bonchev–Trinajstić information content (AvgIpc) is 2.61. The van der Waals surface area contributed by atoms with Crippen LogP contribution in [0.15, 0.2) is 41.3 Å². The monoisotopic (exact) mass is 369 g/mol. The largest absolute Gasteiger partial charge is 0.376 e. The zero-order valence-electron chi connectivity index (χ0n) is 16.2. The number of nitrogens with zero attached hydrogens (tertiary/aromatic N) is 1. The number of carbonyl (C=O) groups excluding carboxylic acids is 1. The van der Waals surface area contributed by atoms with E-state index in [0.29, 0.717) is 19.0 Å². The van der Waals surface area contributed by atoms with Crippen molar-refractivity contribution >= 4 is 5.91 Å². The lowest BCUT2D eigenvalue weighted by molar-refractivity contribution is -0.0838. The number of H-pyrrole nitrogens is 1. The average molecular weight is 369 g/mol. The van der Waals surface area contributed by atoms with Gasteiger partial charge in [0.25, 0.3) is 11.5 Å². The van der Waals surface area contributed by atoms with Crippen molar-refractivity contribution in [1.29, 1.82) is 0 Å². The van der Waals surface area contributed by atoms with Crippen molar-refractivity contribution in [1.82, 2.24) is 15.3 Å². The minimum Gasteiger partial charge on any atom is -0.376 e. The third-order valence-corrected chi connectivity index (χ3v) is 5.28. The molecule has 0 spiro atoms. The first kappa shape index (κ1) is 19.3. The molecule has 0 bridgehead atoms. The van der Waals surface area contributed by atoms with E-state index in [1.54, 1.807) is 6.92 Å². The summed E-state index contributed by atoms with van der Waals surface area (Å²) >= 11 is 0. The zero-order chi connectivity index (χ0) is 19.5. The zero-order valence-corrected chi connectivity index (χ0v) is 16.2. The molecule has 3 rings (SSSR count). The predicted octanol–water partition coefficient (Wildman–Crippen LogP) is 2.73. The van der Waals surface area contributed by atoms with E-state index in [2.05, 4.69) is 53.4 Å². The first-order valence-corrected chi connectivity index (χ1v) is 9.35. The summed E-state index contributed by atoms with van der Waals surface area (Å²) in [5.41, 5.74) is 0.627. The summed E-state index contributed by atoms with van der Waals surface area (Å²) in [5, 5.41) is 2.89. The summed E-state index contributed by atoms with van der Waals surface area (Å²) < 4.78 is 5.92. The molecule has 1 aromatic carbocycles. The van der Waals surface area contributed by atoms with Crippen molar-refractivity contribution < 1.29 is 9.53 Å². The highest BCUT2D eigenvalue weighted by Gasteiger charge is 2.41. The van der Waals surface area contributed by atoms with Crippen LogP contribution in [0.25, 0.3) is 0 Å². The molecule has 1 aliphatic heterocycles. The molecule has 1 saturated heterocycles. The lowest BCUT2D eigenvalue weighted by Crippen LogP contribution is -2.45. The summed E-state index contributed by atoms with van der Waals surface area (Å²) in [7, 11) is 0. The SMILES string of the molecule is Cc1ncc(C(=O)NCCC2(c3ccccc3)CCOC(C)(C)C2)c(=O)[nH]1. The number of amides is 1. The maximum Gasteiger partial charge on any atom is 0.263 e. The maximum atomic E-state index is 12.4. The molecule has 0 saturated carbocycles. The summed E-state index contributed by atoms with van der Waals surface area (Å²) in [6.45, 7) is 7.08. The van der Waals surface area contributed by atoms with Crippen LogP contribution in [0, 0.1) is 6.92 Å². The fourth-order valence-corrected chi connectivity index (χ4v) is 4.03. The van der Waals surface area contributed by atoms with E-state index in [0.717, 1.165) is 19.3 Å². The molecule has 144 valence electrons. The molecule has 1 amide bonds. The third kappa shape index (κ3) is 4.45. The molecular formula is C21H27N3O3. The van der Waals surface area contributed by atoms with Gasteiger partial charge in [-0.2, -0.15) is 0 Å². The number of ether oxygens (including phenoxy) is 1. The van der Waals surface area contributed by atoms with Gasteiger partial charge in [-0.3, -0.25) is 9.59 Å². The van der Waals surface area contributed by atoms with Crippen LogP contribution in [0.3, 0.4) is 0 Å². The van der Waals surface area contributed by atoms with Gasteiger partial charge >= 0.3 is 0 Å². The Morgan fingerprint density at radius 3 is 2.70 bits per heavy atom. The first-order valence-electron chi connectivity index (χ1n) is 9.35. The van der Waals surface area contributed by atoms with Gasteiger partial charge in [0.05, 0.1) is 5.60 Å². The van der Waals surface area contributed by atoms with E-state index < -0.39 is 11.5 Å². The van der Waals surface area contributed by atoms with Gasteiger partial charge in [0, 0.05) is 24.8 Å². The second-order valence-corrected chi connectivity index (χ2v) is 7.90. The molecular weight excluding hydrogens is 342 g/mol. The fraction of sp³-hybridized carbons (Fsp3) is 0.476. The molecule has 0 radical (unpaired) electrons. The number of benzene rings is 1. The van der Waals surface area contributed by atoms with Crippen LogP contribution in [0.1, 0.15) is 54.9 Å². The summed E-state index contributed by atoms with van der Waals surface area (Å²) in [6.07, 6.45) is 3.90. The van der Waals surface area contributed by atoms with E-state index in [1.807, 2.05) is 6.07 Å². The van der Waals surface area contributed by atoms with Crippen LogP contribution in [-0.4, -0.2) is 34.6 Å². The van der Waals surface area contributed by atoms with Crippen molar-refractivity contribution in [3.05, 3.63) is 63.8 Å². The highest BCUT2D eigenvalue weighted by molar-refractivity contribution is 5.93. The van der Waals surface area contributed by atoms with Gasteiger partial charge in [0.2, 0.25) is 0 Å². The Labute approximate surface area is 159 Å². The summed E-state index contributed by atoms with van der Waals surface area (Å²) in [4.78, 5) is 30.9. The number of carbonyl (C=O) groups is 1. The van der Waals surface area contributed by atoms with Gasteiger partial charge in [-0.05, 0) is 45.6 Å². The minimum absolute atomic E-state index is 0.0432. The third-order valence-electron chi connectivity index (χ3n) is 5.28. The van der Waals surface area contributed by atoms with Crippen molar-refractivity contribution in [3.63, 3.8) is 0 Å². The van der Waals surface area contributed by atoms with Gasteiger partial charge < -0.3 is 15.0 Å². The normalized spacial score (nSPS) is 21.6. The standard InChI is InChI=1S/C21H27N3O3/c1-15-23-13-17(19(26)24-15)18(25)22-11-9-21(16-7-5-4-6-8-16)10-12-27-20(2,3)14-21/h4-8,13H,9-12,14H2,1-3H3,(H,22,25)(H,23,24,26). The first-order chi connectivity index (χ1) is 12.8. The fourth-order valence-electron chi connectivity index (χ4n) is 4.03. The number of aryl methyl sites for hydroxylation is 1. The van der Waals surface area contributed by atoms with Crippen LogP contribution in [0.5, 0.6) is 0 Å². The van der Waals surface area contributed by atoms with Crippen LogP contribution in [0.2, 0.25) is 0 Å². The van der Waals surface area contributed by atoms with Gasteiger partial charge in [0.15, 0.2) is 0 Å². The van der Waals surface area contributed by atoms with E-state index in [4.69, 9.17) is 4.74 Å². The van der Waals surface area contributed by atoms with Crippen LogP contribution in [-0.2, 0) is 10.2 Å². The molecule has 1 unspecified atom stereocenters. The predicted molar refractivity (Wildman–Crippen MR) is 104 cm³/mol. The Morgan fingerprint density at radius 1 is 1.30 bits per heavy atom. The van der Waals surface area contributed by atoms with Crippen LogP contribution < -0.4 is 10.9 Å². The number of nitrogens with one attached hydrogen (secondary N) is 2. The van der Waals surface area contributed by atoms with Gasteiger partial charge in [-0.15, -0.1) is 0 Å². The van der Waals surface area contributed by atoms with E-state index in [1.165, 1.54) is 11.8 Å². The molecule has 1 fully saturated rings. The molecule has 1 aliphatic rings. The molecule has 0 aliphatic carbocycles. The minimum atomic E-state index is -0.412. The van der Waals surface area contributed by atoms with Crippen LogP contribution in [0.4, 0.5) is 0 Å². The Morgan fingerprint density at radius 2 is 2.04 bits per heavy atom. The number of aromatic nitrogens is 2. The lowest BCUT2D eigenvalue weighted by atomic mass is 9.67. The Kier molecular flexibility index (Phi) is 5.46. The van der Waals surface area contributed by atoms with Gasteiger partial charge in [-0.1, -0.05) is 30.3 Å². The van der Waals surface area contributed by atoms with Crippen LogP contribution >= 0.6 is 0 Å². The highest BCUT2D eigenvalue weighted by atomic mass is 16.5. The molecule has 2 heterocycles. The number of hydrogen-bond donors (Lipinski definition) is 2. The Hall–Kier alpha value is -2.47. The molecule has 6 heteroatoms. The van der Waals surface area contributed by atoms with E-state index in [9.17, 15) is 9.59 Å². The smallest absolute Gasteiger partial charge is 0.263 e.